The van der Waals surface area contributed by atoms with E-state index in [1.165, 1.54) is 6.92 Å². The molecule has 0 N–H and O–H groups in total. The average Bonchev–Trinajstić information content (AvgIpc) is 2.60. The molecule has 3 heteroatoms. The van der Waals surface area contributed by atoms with Crippen LogP contribution in [-0.4, -0.2) is 17.8 Å². The fraction of sp³-hybridized carbons (Fsp3) is 0.458. The van der Waals surface area contributed by atoms with Gasteiger partial charge in [0.25, 0.3) is 0 Å². The Bertz CT molecular complexity index is 696. The van der Waals surface area contributed by atoms with Gasteiger partial charge in [-0.2, -0.15) is 0 Å². The van der Waals surface area contributed by atoms with Gasteiger partial charge in [-0.25, -0.2) is 0 Å². The van der Waals surface area contributed by atoms with E-state index in [-0.39, 0.29) is 24.4 Å². The summed E-state index contributed by atoms with van der Waals surface area (Å²) in [6.07, 6.45) is 11.3. The Balaban J connectivity index is 5.96. The van der Waals surface area contributed by atoms with Crippen molar-refractivity contribution < 1.29 is 9.59 Å². The number of hydrogen-bond donors (Lipinski definition) is 0. The van der Waals surface area contributed by atoms with Crippen LogP contribution in [0.25, 0.3) is 0 Å². The van der Waals surface area contributed by atoms with E-state index in [1.807, 2.05) is 52.1 Å². The molecule has 1 unspecified atom stereocenters. The first-order valence-electron chi connectivity index (χ1n) is 9.58. The molecule has 0 radical (unpaired) electrons. The van der Waals surface area contributed by atoms with Gasteiger partial charge in [-0.1, -0.05) is 38.2 Å². The zero-order valence-corrected chi connectivity index (χ0v) is 18.1. The van der Waals surface area contributed by atoms with Crippen molar-refractivity contribution >= 4 is 17.8 Å². The number of rotatable bonds is 11. The van der Waals surface area contributed by atoms with Gasteiger partial charge in [-0.05, 0) is 64.7 Å². The molecular weight excluding hydrogens is 334 g/mol. The minimum atomic E-state index is -0.101. The largest absolute Gasteiger partial charge is 0.300 e. The van der Waals surface area contributed by atoms with Gasteiger partial charge in [-0.3, -0.25) is 9.79 Å². The molecule has 0 saturated carbocycles. The Morgan fingerprint density at radius 3 is 2.19 bits per heavy atom. The molecule has 0 fully saturated rings. The van der Waals surface area contributed by atoms with Crippen LogP contribution in [0, 0.1) is 5.92 Å². The number of ketones is 2. The molecular formula is C24H35NO2. The van der Waals surface area contributed by atoms with Gasteiger partial charge in [0.1, 0.15) is 5.78 Å². The topological polar surface area (TPSA) is 46.5 Å². The quantitative estimate of drug-likeness (QED) is 0.242. The van der Waals surface area contributed by atoms with Crippen molar-refractivity contribution in [1.29, 1.82) is 0 Å². The lowest BCUT2D eigenvalue weighted by Gasteiger charge is -2.10. The Hall–Kier alpha value is -2.29. The molecule has 0 aliphatic rings. The maximum Gasteiger partial charge on any atom is 0.162 e. The van der Waals surface area contributed by atoms with E-state index in [1.54, 1.807) is 6.08 Å². The number of aliphatic imine (C=N–C) groups is 1. The van der Waals surface area contributed by atoms with E-state index < -0.39 is 0 Å². The van der Waals surface area contributed by atoms with Gasteiger partial charge >= 0.3 is 0 Å². The lowest BCUT2D eigenvalue weighted by atomic mass is 9.98. The molecule has 1 atom stereocenters. The highest BCUT2D eigenvalue weighted by Crippen LogP contribution is 2.22. The van der Waals surface area contributed by atoms with E-state index in [4.69, 9.17) is 4.99 Å². The second-order valence-electron chi connectivity index (χ2n) is 7.16. The van der Waals surface area contributed by atoms with E-state index >= 15 is 0 Å². The first-order valence-corrected chi connectivity index (χ1v) is 9.58. The Labute approximate surface area is 165 Å². The highest BCUT2D eigenvalue weighted by atomic mass is 16.1. The number of Topliss-reactive ketones (excluding diaryl/α,β-unsaturated/α-hetero) is 2. The molecule has 27 heavy (non-hydrogen) atoms. The van der Waals surface area contributed by atoms with Crippen molar-refractivity contribution in [1.82, 2.24) is 0 Å². The van der Waals surface area contributed by atoms with Crippen LogP contribution in [0.5, 0.6) is 0 Å². The van der Waals surface area contributed by atoms with Crippen molar-refractivity contribution in [3.63, 3.8) is 0 Å². The summed E-state index contributed by atoms with van der Waals surface area (Å²) >= 11 is 0. The molecule has 3 nitrogen and oxygen atoms in total. The second-order valence-corrected chi connectivity index (χ2v) is 7.16. The first kappa shape index (κ1) is 24.7. The summed E-state index contributed by atoms with van der Waals surface area (Å²) in [4.78, 5) is 28.0. The Morgan fingerprint density at radius 2 is 1.70 bits per heavy atom. The molecule has 0 aromatic carbocycles. The summed E-state index contributed by atoms with van der Waals surface area (Å²) in [6.45, 7) is 17.6. The number of carbonyl (C=O) groups is 2. The van der Waals surface area contributed by atoms with Crippen molar-refractivity contribution in [3.8, 4) is 0 Å². The van der Waals surface area contributed by atoms with Crippen LogP contribution in [0.15, 0.2) is 63.9 Å². The van der Waals surface area contributed by atoms with Crippen LogP contribution in [0.3, 0.4) is 0 Å². The maximum absolute atomic E-state index is 12.2. The zero-order chi connectivity index (χ0) is 21.0. The Morgan fingerprint density at radius 1 is 1.07 bits per heavy atom. The summed E-state index contributed by atoms with van der Waals surface area (Å²) < 4.78 is 0. The zero-order valence-electron chi connectivity index (χ0n) is 18.1. The van der Waals surface area contributed by atoms with Crippen molar-refractivity contribution in [3.05, 3.63) is 58.9 Å². The highest BCUT2D eigenvalue weighted by Gasteiger charge is 2.09. The fourth-order valence-corrected chi connectivity index (χ4v) is 2.23. The van der Waals surface area contributed by atoms with Gasteiger partial charge in [-0.15, -0.1) is 0 Å². The summed E-state index contributed by atoms with van der Waals surface area (Å²) in [6, 6.07) is 0. The van der Waals surface area contributed by atoms with Crippen molar-refractivity contribution in [2.24, 2.45) is 10.9 Å². The molecule has 0 rings (SSSR count). The lowest BCUT2D eigenvalue weighted by Crippen LogP contribution is -2.03. The number of carbonyl (C=O) groups excluding carboxylic acids is 2. The van der Waals surface area contributed by atoms with Gasteiger partial charge < -0.3 is 4.79 Å². The summed E-state index contributed by atoms with van der Waals surface area (Å²) in [5, 5.41) is 0. The molecule has 0 aliphatic carbocycles. The predicted octanol–water partition coefficient (Wildman–Crippen LogP) is 6.34. The van der Waals surface area contributed by atoms with Crippen LogP contribution in [0.1, 0.15) is 67.7 Å². The van der Waals surface area contributed by atoms with E-state index in [2.05, 4.69) is 20.4 Å². The summed E-state index contributed by atoms with van der Waals surface area (Å²) in [5.74, 6) is 0.303. The third-order valence-corrected chi connectivity index (χ3v) is 4.02. The molecule has 0 saturated heterocycles. The SMILES string of the molecule is C=C(/C=C(C)/C(C=CC)=C(/C=C(C)C)N=CC(C)CC)C(=O)CCC(C)=O. The van der Waals surface area contributed by atoms with Crippen LogP contribution < -0.4 is 0 Å². The first-order chi connectivity index (χ1) is 12.6. The lowest BCUT2D eigenvalue weighted by molar-refractivity contribution is -0.121. The Kier molecular flexibility index (Phi) is 11.9. The molecule has 0 spiro atoms. The molecule has 0 aliphatic heterocycles. The van der Waals surface area contributed by atoms with E-state index in [9.17, 15) is 9.59 Å². The van der Waals surface area contributed by atoms with Crippen molar-refractivity contribution in [2.75, 3.05) is 0 Å². The predicted molar refractivity (Wildman–Crippen MR) is 117 cm³/mol. The van der Waals surface area contributed by atoms with E-state index in [0.717, 1.165) is 28.8 Å². The summed E-state index contributed by atoms with van der Waals surface area (Å²) in [5.41, 5.74) is 4.31. The molecule has 0 bridgehead atoms. The minimum absolute atomic E-state index is 0.0107. The van der Waals surface area contributed by atoms with Crippen LogP contribution in [-0.2, 0) is 9.59 Å². The smallest absolute Gasteiger partial charge is 0.162 e. The summed E-state index contributed by atoms with van der Waals surface area (Å²) in [7, 11) is 0. The second kappa shape index (κ2) is 13.0. The standard InChI is InChI=1S/C24H35NO2/c1-9-11-22(23(14-17(3)4)25-16-18(5)10-2)19(6)15-20(7)24(27)13-12-21(8)26/h9,11,14-16,18H,7,10,12-13H2,1-6,8H3/b11-9?,19-15+,23-22-,25-16?. The average molecular weight is 370 g/mol. The molecule has 148 valence electrons. The van der Waals surface area contributed by atoms with Gasteiger partial charge in [0.15, 0.2) is 5.78 Å². The number of allylic oxidation sites excluding steroid dienone is 8. The third kappa shape index (κ3) is 10.4. The highest BCUT2D eigenvalue weighted by molar-refractivity contribution is 5.99. The molecule has 0 aromatic heterocycles. The van der Waals surface area contributed by atoms with Crippen LogP contribution >= 0.6 is 0 Å². The van der Waals surface area contributed by atoms with Crippen molar-refractivity contribution in [2.45, 2.75) is 67.7 Å². The minimum Gasteiger partial charge on any atom is -0.300 e. The van der Waals surface area contributed by atoms with Crippen LogP contribution in [0.2, 0.25) is 0 Å². The van der Waals surface area contributed by atoms with E-state index in [0.29, 0.717) is 11.5 Å². The van der Waals surface area contributed by atoms with Gasteiger partial charge in [0, 0.05) is 30.2 Å². The number of nitrogens with zero attached hydrogens (tertiary/aromatic N) is 1. The molecule has 0 aromatic rings. The van der Waals surface area contributed by atoms with Gasteiger partial charge in [0.2, 0.25) is 0 Å². The normalized spacial score (nSPS) is 14.3. The third-order valence-electron chi connectivity index (χ3n) is 4.02. The molecule has 0 heterocycles. The monoisotopic (exact) mass is 369 g/mol. The fourth-order valence-electron chi connectivity index (χ4n) is 2.23. The van der Waals surface area contributed by atoms with Crippen LogP contribution in [0.4, 0.5) is 0 Å². The molecule has 0 amide bonds. The maximum atomic E-state index is 12.2. The van der Waals surface area contributed by atoms with Gasteiger partial charge in [0.05, 0.1) is 5.70 Å². The number of hydrogen-bond acceptors (Lipinski definition) is 3.